The van der Waals surface area contributed by atoms with Gasteiger partial charge >= 0.3 is 5.97 Å². The molecule has 0 saturated carbocycles. The first-order valence-electron chi connectivity index (χ1n) is 10.4. The van der Waals surface area contributed by atoms with Crippen molar-refractivity contribution in [3.63, 3.8) is 0 Å². The van der Waals surface area contributed by atoms with E-state index in [1.165, 1.54) is 24.8 Å². The van der Waals surface area contributed by atoms with Gasteiger partial charge in [-0.05, 0) is 37.7 Å². The predicted octanol–water partition coefficient (Wildman–Crippen LogP) is 5.89. The Labute approximate surface area is 163 Å². The molecule has 27 heavy (non-hydrogen) atoms. The Hall–Kier alpha value is -1.65. The number of ether oxygens (including phenoxy) is 2. The molecule has 0 aromatic heterocycles. The molecular weight excluding hydrogens is 340 g/mol. The Morgan fingerprint density at radius 3 is 2.70 bits per heavy atom. The maximum atomic E-state index is 10.6. The lowest BCUT2D eigenvalue weighted by Crippen LogP contribution is -2.34. The molecule has 1 saturated heterocycles. The predicted molar refractivity (Wildman–Crippen MR) is 108 cm³/mol. The first-order valence-corrected chi connectivity index (χ1v) is 10.4. The maximum Gasteiger partial charge on any atom is 0.303 e. The molecule has 0 amide bonds. The highest BCUT2D eigenvalue weighted by Crippen LogP contribution is 2.35. The van der Waals surface area contributed by atoms with E-state index < -0.39 is 5.97 Å². The summed E-state index contributed by atoms with van der Waals surface area (Å²) in [5.41, 5.74) is 1.21. The van der Waals surface area contributed by atoms with Crippen LogP contribution in [0.4, 0.5) is 0 Å². The molecule has 1 heterocycles. The molecule has 1 aromatic carbocycles. The number of carboxylic acid groups (broad SMARTS) is 1. The van der Waals surface area contributed by atoms with Gasteiger partial charge in [-0.2, -0.15) is 0 Å². The van der Waals surface area contributed by atoms with Gasteiger partial charge in [-0.1, -0.05) is 68.7 Å². The van der Waals surface area contributed by atoms with Crippen molar-refractivity contribution in [2.24, 2.45) is 5.92 Å². The van der Waals surface area contributed by atoms with E-state index >= 15 is 0 Å². The van der Waals surface area contributed by atoms with E-state index in [2.05, 4.69) is 43.3 Å². The lowest BCUT2D eigenvalue weighted by atomic mass is 9.92. The second-order valence-corrected chi connectivity index (χ2v) is 7.33. The van der Waals surface area contributed by atoms with Gasteiger partial charge in [0.1, 0.15) is 0 Å². The fraction of sp³-hybridized carbons (Fsp3) is 0.609. The maximum absolute atomic E-state index is 10.6. The average Bonchev–Trinajstić information content (AvgIpc) is 2.69. The number of aliphatic carboxylic acids is 1. The number of hydrogen-bond donors (Lipinski definition) is 1. The lowest BCUT2D eigenvalue weighted by molar-refractivity contribution is -0.241. The van der Waals surface area contributed by atoms with E-state index in [4.69, 9.17) is 14.6 Å². The molecule has 0 radical (unpaired) electrons. The normalized spacial score (nSPS) is 22.9. The Bertz CT molecular complexity index is 555. The summed E-state index contributed by atoms with van der Waals surface area (Å²) in [6.07, 6.45) is 12.6. The summed E-state index contributed by atoms with van der Waals surface area (Å²) in [5.74, 6) is -0.443. The van der Waals surface area contributed by atoms with Gasteiger partial charge in [0.25, 0.3) is 0 Å². The lowest BCUT2D eigenvalue weighted by Gasteiger charge is -2.36. The molecule has 1 aliphatic heterocycles. The van der Waals surface area contributed by atoms with Crippen LogP contribution in [0.5, 0.6) is 0 Å². The molecule has 1 N–H and O–H groups in total. The third-order valence-corrected chi connectivity index (χ3v) is 5.01. The van der Waals surface area contributed by atoms with Gasteiger partial charge in [0.2, 0.25) is 0 Å². The van der Waals surface area contributed by atoms with E-state index in [0.717, 1.165) is 25.7 Å². The molecule has 3 atom stereocenters. The van der Waals surface area contributed by atoms with Gasteiger partial charge in [0.05, 0.1) is 12.7 Å². The molecule has 1 aromatic rings. The molecule has 150 valence electrons. The standard InChI is InChI=1S/C23H34O4/c1-2-3-4-12-17-22-26-18-20(15-8-5-6-11-16-21(24)25)23(27-22)19-13-9-7-10-14-19/h5,7-10,13-14,20,22-23H,2-4,6,11-12,15-18H2,1H3,(H,24,25)/b8-5-. The van der Waals surface area contributed by atoms with Crippen molar-refractivity contribution in [2.75, 3.05) is 6.61 Å². The van der Waals surface area contributed by atoms with Crippen LogP contribution < -0.4 is 0 Å². The molecule has 1 fully saturated rings. The van der Waals surface area contributed by atoms with Crippen LogP contribution in [0, 0.1) is 5.92 Å². The minimum atomic E-state index is -0.730. The van der Waals surface area contributed by atoms with Gasteiger partial charge in [0, 0.05) is 12.3 Å². The van der Waals surface area contributed by atoms with Crippen LogP contribution in [0.3, 0.4) is 0 Å². The molecule has 0 aliphatic carbocycles. The summed E-state index contributed by atoms with van der Waals surface area (Å²) in [6, 6.07) is 10.4. The molecular formula is C23H34O4. The van der Waals surface area contributed by atoms with Crippen molar-refractivity contribution in [2.45, 2.75) is 77.1 Å². The van der Waals surface area contributed by atoms with Crippen molar-refractivity contribution in [1.82, 2.24) is 0 Å². The summed E-state index contributed by atoms with van der Waals surface area (Å²) in [6.45, 7) is 2.93. The van der Waals surface area contributed by atoms with E-state index in [9.17, 15) is 4.79 Å². The Balaban J connectivity index is 1.87. The summed E-state index contributed by atoms with van der Waals surface area (Å²) in [5, 5.41) is 8.69. The fourth-order valence-electron chi connectivity index (χ4n) is 3.47. The highest BCUT2D eigenvalue weighted by molar-refractivity contribution is 5.66. The summed E-state index contributed by atoms with van der Waals surface area (Å²) in [7, 11) is 0. The summed E-state index contributed by atoms with van der Waals surface area (Å²) in [4.78, 5) is 10.6. The zero-order valence-electron chi connectivity index (χ0n) is 16.5. The van der Waals surface area contributed by atoms with E-state index in [1.54, 1.807) is 0 Å². The van der Waals surface area contributed by atoms with Crippen LogP contribution in [0.1, 0.15) is 76.4 Å². The monoisotopic (exact) mass is 374 g/mol. The molecule has 4 heteroatoms. The van der Waals surface area contributed by atoms with Crippen molar-refractivity contribution < 1.29 is 19.4 Å². The molecule has 2 rings (SSSR count). The number of hydrogen-bond acceptors (Lipinski definition) is 3. The zero-order chi connectivity index (χ0) is 19.3. The van der Waals surface area contributed by atoms with Crippen LogP contribution in [0.2, 0.25) is 0 Å². The third-order valence-electron chi connectivity index (χ3n) is 5.01. The van der Waals surface area contributed by atoms with Crippen LogP contribution in [0.25, 0.3) is 0 Å². The SMILES string of the molecule is CCCCCCC1OCC(C/C=C\CCCC(=O)O)C(c2ccccc2)O1. The van der Waals surface area contributed by atoms with Crippen LogP contribution in [-0.4, -0.2) is 24.0 Å². The third kappa shape index (κ3) is 8.27. The zero-order valence-corrected chi connectivity index (χ0v) is 16.5. The van der Waals surface area contributed by atoms with E-state index in [1.807, 2.05) is 6.07 Å². The molecule has 4 nitrogen and oxygen atoms in total. The number of benzene rings is 1. The van der Waals surface area contributed by atoms with Gasteiger partial charge < -0.3 is 14.6 Å². The van der Waals surface area contributed by atoms with Gasteiger partial charge in [-0.15, -0.1) is 0 Å². The number of carbonyl (C=O) groups is 1. The number of rotatable bonds is 12. The van der Waals surface area contributed by atoms with Crippen LogP contribution in [0.15, 0.2) is 42.5 Å². The Morgan fingerprint density at radius 2 is 1.96 bits per heavy atom. The highest BCUT2D eigenvalue weighted by atomic mass is 16.7. The highest BCUT2D eigenvalue weighted by Gasteiger charge is 2.32. The summed E-state index contributed by atoms with van der Waals surface area (Å²) < 4.78 is 12.3. The number of unbranched alkanes of at least 4 members (excludes halogenated alkanes) is 4. The molecule has 1 aliphatic rings. The topological polar surface area (TPSA) is 55.8 Å². The second-order valence-electron chi connectivity index (χ2n) is 7.33. The first kappa shape index (κ1) is 21.6. The first-order chi connectivity index (χ1) is 13.2. The minimum absolute atomic E-state index is 0.0554. The second kappa shape index (κ2) is 12.7. The Morgan fingerprint density at radius 1 is 1.15 bits per heavy atom. The Kier molecular flexibility index (Phi) is 10.2. The van der Waals surface area contributed by atoms with Crippen molar-refractivity contribution in [3.05, 3.63) is 48.0 Å². The molecule has 0 bridgehead atoms. The summed E-state index contributed by atoms with van der Waals surface area (Å²) >= 11 is 0. The minimum Gasteiger partial charge on any atom is -0.481 e. The van der Waals surface area contributed by atoms with Crippen molar-refractivity contribution >= 4 is 5.97 Å². The smallest absolute Gasteiger partial charge is 0.303 e. The molecule has 3 unspecified atom stereocenters. The number of allylic oxidation sites excluding steroid dienone is 2. The average molecular weight is 375 g/mol. The van der Waals surface area contributed by atoms with Crippen molar-refractivity contribution in [3.8, 4) is 0 Å². The van der Waals surface area contributed by atoms with Gasteiger partial charge in [-0.25, -0.2) is 0 Å². The molecule has 0 spiro atoms. The quantitative estimate of drug-likeness (QED) is 0.366. The van der Waals surface area contributed by atoms with E-state index in [-0.39, 0.29) is 24.7 Å². The van der Waals surface area contributed by atoms with Crippen LogP contribution >= 0.6 is 0 Å². The fourth-order valence-corrected chi connectivity index (χ4v) is 3.47. The largest absolute Gasteiger partial charge is 0.481 e. The van der Waals surface area contributed by atoms with Gasteiger partial charge in [0.15, 0.2) is 6.29 Å². The van der Waals surface area contributed by atoms with Crippen molar-refractivity contribution in [1.29, 1.82) is 0 Å². The van der Waals surface area contributed by atoms with Gasteiger partial charge in [-0.3, -0.25) is 4.79 Å². The number of carboxylic acids is 1. The van der Waals surface area contributed by atoms with E-state index in [0.29, 0.717) is 13.0 Å². The van der Waals surface area contributed by atoms with Crippen LogP contribution in [-0.2, 0) is 14.3 Å².